The smallest absolute Gasteiger partial charge is 0.262 e. The molecule has 1 aliphatic heterocycles. The highest BCUT2D eigenvalue weighted by Crippen LogP contribution is 2.30. The molecule has 3 rings (SSSR count). The zero-order valence-electron chi connectivity index (χ0n) is 10.7. The molecule has 0 spiro atoms. The van der Waals surface area contributed by atoms with E-state index >= 15 is 0 Å². The SMILES string of the molecule is CC1CN(S(=O)(=O)c2c(Cl)nc3sccn23)CCC1O. The van der Waals surface area contributed by atoms with Crippen LogP contribution in [0.4, 0.5) is 0 Å². The number of fused-ring (bicyclic) bond motifs is 1. The van der Waals surface area contributed by atoms with Gasteiger partial charge in [0.2, 0.25) is 0 Å². The number of nitrogens with zero attached hydrogens (tertiary/aromatic N) is 3. The molecule has 0 aromatic carbocycles. The van der Waals surface area contributed by atoms with Gasteiger partial charge in [0.25, 0.3) is 10.0 Å². The topological polar surface area (TPSA) is 74.9 Å². The van der Waals surface area contributed by atoms with Gasteiger partial charge in [-0.1, -0.05) is 18.5 Å². The minimum Gasteiger partial charge on any atom is -0.393 e. The van der Waals surface area contributed by atoms with E-state index in [0.717, 1.165) is 0 Å². The average molecular weight is 336 g/mol. The molecule has 0 radical (unpaired) electrons. The average Bonchev–Trinajstić information content (AvgIpc) is 2.91. The number of hydrogen-bond donors (Lipinski definition) is 1. The van der Waals surface area contributed by atoms with Gasteiger partial charge in [-0.15, -0.1) is 11.3 Å². The first-order valence-corrected chi connectivity index (χ1v) is 8.90. The standard InChI is InChI=1S/C11H14ClN3O3S2/c1-7-6-14(3-2-8(7)16)20(17,18)10-9(12)13-11-15(10)4-5-19-11/h4-5,7-8,16H,2-3,6H2,1H3. The molecule has 1 aliphatic rings. The normalized spacial score (nSPS) is 25.4. The second-order valence-corrected chi connectivity index (χ2v) is 8.04. The van der Waals surface area contributed by atoms with E-state index in [9.17, 15) is 13.5 Å². The first kappa shape index (κ1) is 14.3. The number of piperidine rings is 1. The lowest BCUT2D eigenvalue weighted by Gasteiger charge is -2.33. The fraction of sp³-hybridized carbons (Fsp3) is 0.545. The van der Waals surface area contributed by atoms with Crippen LogP contribution in [0, 0.1) is 5.92 Å². The lowest BCUT2D eigenvalue weighted by Crippen LogP contribution is -2.45. The molecule has 9 heteroatoms. The van der Waals surface area contributed by atoms with Crippen molar-refractivity contribution in [2.45, 2.75) is 24.5 Å². The largest absolute Gasteiger partial charge is 0.393 e. The highest BCUT2D eigenvalue weighted by molar-refractivity contribution is 7.89. The van der Waals surface area contributed by atoms with E-state index in [4.69, 9.17) is 11.6 Å². The summed E-state index contributed by atoms with van der Waals surface area (Å²) in [6, 6.07) is 0. The van der Waals surface area contributed by atoms with E-state index < -0.39 is 16.1 Å². The molecule has 110 valence electrons. The van der Waals surface area contributed by atoms with Crippen molar-refractivity contribution in [3.8, 4) is 0 Å². The van der Waals surface area contributed by atoms with Crippen LogP contribution in [0.25, 0.3) is 4.96 Å². The summed E-state index contributed by atoms with van der Waals surface area (Å²) in [5.74, 6) is -0.0943. The molecule has 3 heterocycles. The summed E-state index contributed by atoms with van der Waals surface area (Å²) in [5, 5.41) is 11.5. The Kier molecular flexibility index (Phi) is 3.54. The van der Waals surface area contributed by atoms with Crippen molar-refractivity contribution in [3.05, 3.63) is 16.7 Å². The summed E-state index contributed by atoms with van der Waals surface area (Å²) in [7, 11) is -3.70. The highest BCUT2D eigenvalue weighted by Gasteiger charge is 2.36. The van der Waals surface area contributed by atoms with Crippen molar-refractivity contribution in [2.75, 3.05) is 13.1 Å². The maximum atomic E-state index is 12.7. The van der Waals surface area contributed by atoms with Crippen LogP contribution in [-0.2, 0) is 10.0 Å². The summed E-state index contributed by atoms with van der Waals surface area (Å²) >= 11 is 7.33. The van der Waals surface area contributed by atoms with Crippen molar-refractivity contribution in [2.24, 2.45) is 5.92 Å². The van der Waals surface area contributed by atoms with Crippen LogP contribution >= 0.6 is 22.9 Å². The number of sulfonamides is 1. The number of hydrogen-bond acceptors (Lipinski definition) is 5. The van der Waals surface area contributed by atoms with Crippen molar-refractivity contribution >= 4 is 37.9 Å². The molecule has 2 atom stereocenters. The molecule has 1 N–H and O–H groups in total. The Morgan fingerprint density at radius 1 is 1.55 bits per heavy atom. The second kappa shape index (κ2) is 4.96. The summed E-state index contributed by atoms with van der Waals surface area (Å²) in [4.78, 5) is 4.61. The van der Waals surface area contributed by atoms with Gasteiger partial charge in [-0.05, 0) is 12.3 Å². The van der Waals surface area contributed by atoms with Gasteiger partial charge in [0.15, 0.2) is 15.1 Å². The lowest BCUT2D eigenvalue weighted by atomic mass is 9.99. The van der Waals surface area contributed by atoms with Crippen LogP contribution in [0.5, 0.6) is 0 Å². The second-order valence-electron chi connectivity index (χ2n) is 4.96. The molecule has 0 aliphatic carbocycles. The third-order valence-electron chi connectivity index (χ3n) is 3.59. The van der Waals surface area contributed by atoms with Gasteiger partial charge in [-0.2, -0.15) is 4.31 Å². The molecular weight excluding hydrogens is 322 g/mol. The molecule has 0 saturated carbocycles. The maximum Gasteiger partial charge on any atom is 0.262 e. The number of aliphatic hydroxyl groups is 1. The van der Waals surface area contributed by atoms with Crippen molar-refractivity contribution in [1.82, 2.24) is 13.7 Å². The van der Waals surface area contributed by atoms with E-state index in [-0.39, 0.29) is 22.6 Å². The van der Waals surface area contributed by atoms with Gasteiger partial charge >= 0.3 is 0 Å². The molecule has 0 bridgehead atoms. The van der Waals surface area contributed by atoms with Crippen LogP contribution in [-0.4, -0.2) is 46.4 Å². The Morgan fingerprint density at radius 3 is 3.00 bits per heavy atom. The Labute approximate surface area is 125 Å². The van der Waals surface area contributed by atoms with Gasteiger partial charge < -0.3 is 5.11 Å². The molecule has 6 nitrogen and oxygen atoms in total. The summed E-state index contributed by atoms with van der Waals surface area (Å²) in [6.07, 6.45) is 1.63. The van der Waals surface area contributed by atoms with Gasteiger partial charge in [0, 0.05) is 24.7 Å². The van der Waals surface area contributed by atoms with Crippen LogP contribution in [0.2, 0.25) is 5.15 Å². The maximum absolute atomic E-state index is 12.7. The number of aromatic nitrogens is 2. The lowest BCUT2D eigenvalue weighted by molar-refractivity contribution is 0.0628. The van der Waals surface area contributed by atoms with Gasteiger partial charge in [0.1, 0.15) is 0 Å². The molecule has 1 fully saturated rings. The van der Waals surface area contributed by atoms with Crippen molar-refractivity contribution < 1.29 is 13.5 Å². The fourth-order valence-corrected chi connectivity index (χ4v) is 5.37. The van der Waals surface area contributed by atoms with Gasteiger partial charge in [0.05, 0.1) is 6.10 Å². The zero-order valence-corrected chi connectivity index (χ0v) is 13.1. The third kappa shape index (κ3) is 2.15. The van der Waals surface area contributed by atoms with Crippen LogP contribution in [0.3, 0.4) is 0 Å². The summed E-state index contributed by atoms with van der Waals surface area (Å²) < 4.78 is 28.3. The Hall–Kier alpha value is -0.670. The summed E-state index contributed by atoms with van der Waals surface area (Å²) in [6.45, 7) is 2.42. The molecule has 2 aromatic rings. The van der Waals surface area contributed by atoms with Crippen molar-refractivity contribution in [3.63, 3.8) is 0 Å². The predicted molar refractivity (Wildman–Crippen MR) is 76.6 cm³/mol. The van der Waals surface area contributed by atoms with Gasteiger partial charge in [-0.3, -0.25) is 4.40 Å². The van der Waals surface area contributed by atoms with E-state index in [0.29, 0.717) is 17.9 Å². The van der Waals surface area contributed by atoms with Crippen molar-refractivity contribution in [1.29, 1.82) is 0 Å². The van der Waals surface area contributed by atoms with E-state index in [2.05, 4.69) is 4.98 Å². The fourth-order valence-electron chi connectivity index (χ4n) is 2.40. The summed E-state index contributed by atoms with van der Waals surface area (Å²) in [5.41, 5.74) is 0. The molecule has 2 aromatic heterocycles. The van der Waals surface area contributed by atoms with Gasteiger partial charge in [-0.25, -0.2) is 13.4 Å². The number of rotatable bonds is 2. The number of aliphatic hydroxyl groups excluding tert-OH is 1. The molecule has 20 heavy (non-hydrogen) atoms. The Balaban J connectivity index is 2.04. The Bertz CT molecular complexity index is 739. The minimum atomic E-state index is -3.70. The van der Waals surface area contributed by atoms with Crippen LogP contribution < -0.4 is 0 Å². The minimum absolute atomic E-state index is 0.00405. The van der Waals surface area contributed by atoms with E-state index in [1.165, 1.54) is 20.0 Å². The first-order valence-electron chi connectivity index (χ1n) is 6.20. The predicted octanol–water partition coefficient (Wildman–Crippen LogP) is 1.44. The quantitative estimate of drug-likeness (QED) is 0.901. The van der Waals surface area contributed by atoms with Crippen LogP contribution in [0.15, 0.2) is 16.6 Å². The third-order valence-corrected chi connectivity index (χ3v) is 6.61. The van der Waals surface area contributed by atoms with E-state index in [1.54, 1.807) is 11.6 Å². The molecular formula is C11H14ClN3O3S2. The monoisotopic (exact) mass is 335 g/mol. The van der Waals surface area contributed by atoms with Crippen LogP contribution in [0.1, 0.15) is 13.3 Å². The first-order chi connectivity index (χ1) is 9.41. The Morgan fingerprint density at radius 2 is 2.30 bits per heavy atom. The zero-order chi connectivity index (χ0) is 14.5. The van der Waals surface area contributed by atoms with E-state index in [1.807, 2.05) is 6.92 Å². The number of imidazole rings is 1. The highest BCUT2D eigenvalue weighted by atomic mass is 35.5. The molecule has 0 amide bonds. The number of thiazole rings is 1. The molecule has 2 unspecified atom stereocenters. The number of halogens is 1. The molecule has 1 saturated heterocycles.